The minimum atomic E-state index is -5.08. The van der Waals surface area contributed by atoms with Crippen molar-refractivity contribution in [3.05, 3.63) is 59.7 Å². The van der Waals surface area contributed by atoms with E-state index in [1.807, 2.05) is 48.9 Å². The second kappa shape index (κ2) is 10.0. The molecule has 1 aliphatic heterocycles. The van der Waals surface area contributed by atoms with Gasteiger partial charge < -0.3 is 23.8 Å². The van der Waals surface area contributed by atoms with Gasteiger partial charge in [-0.05, 0) is 37.6 Å². The molecule has 3 rings (SSSR count). The van der Waals surface area contributed by atoms with Crippen LogP contribution < -0.4 is 9.46 Å². The maximum absolute atomic E-state index is 13.1. The second-order valence-electron chi connectivity index (χ2n) is 8.17. The van der Waals surface area contributed by atoms with E-state index in [9.17, 15) is 31.5 Å². The minimum Gasteiger partial charge on any atom is -0.755 e. The first-order valence-corrected chi connectivity index (χ1v) is 11.4. The summed E-state index contributed by atoms with van der Waals surface area (Å²) in [6.45, 7) is 4.57. The number of ether oxygens (including phenoxy) is 1. The molecule has 12 heteroatoms. The zero-order valence-electron chi connectivity index (χ0n) is 18.4. The van der Waals surface area contributed by atoms with Crippen LogP contribution in [0.15, 0.2) is 48.5 Å². The molecule has 1 N–H and O–H groups in total. The summed E-state index contributed by atoms with van der Waals surface area (Å²) in [7, 11) is 0. The predicted octanol–water partition coefficient (Wildman–Crippen LogP) is 3.05. The fourth-order valence-electron chi connectivity index (χ4n) is 3.71. The molecule has 0 aliphatic carbocycles. The molecule has 0 spiro atoms. The second-order valence-corrected chi connectivity index (χ2v) is 8.84. The molecule has 2 aromatic carbocycles. The highest BCUT2D eigenvalue weighted by molar-refractivity contribution is 7.80. The van der Waals surface area contributed by atoms with E-state index >= 15 is 0 Å². The number of alkyl halides is 3. The molecule has 0 radical (unpaired) electrons. The van der Waals surface area contributed by atoms with Crippen LogP contribution in [0.5, 0.6) is 5.75 Å². The predicted molar refractivity (Wildman–Crippen MR) is 118 cm³/mol. The first-order valence-electron chi connectivity index (χ1n) is 10.3. The Morgan fingerprint density at radius 1 is 1.00 bits per heavy atom. The van der Waals surface area contributed by atoms with Crippen molar-refractivity contribution in [3.63, 3.8) is 0 Å². The van der Waals surface area contributed by atoms with E-state index in [1.165, 1.54) is 11.0 Å². The van der Waals surface area contributed by atoms with Gasteiger partial charge in [0.2, 0.25) is 5.91 Å². The minimum absolute atomic E-state index is 0.0901. The van der Waals surface area contributed by atoms with Crippen LogP contribution >= 0.6 is 0 Å². The van der Waals surface area contributed by atoms with Crippen molar-refractivity contribution in [1.82, 2.24) is 9.80 Å². The number of amides is 2. The maximum atomic E-state index is 13.1. The summed E-state index contributed by atoms with van der Waals surface area (Å²) in [5.41, 5.74) is -0.461. The topological polar surface area (TPSA) is 102 Å². The summed E-state index contributed by atoms with van der Waals surface area (Å²) in [6, 6.07) is 12.4. The van der Waals surface area contributed by atoms with Gasteiger partial charge in [0, 0.05) is 43.0 Å². The molecular weight excluding hydrogens is 475 g/mol. The number of anilines is 1. The van der Waals surface area contributed by atoms with Gasteiger partial charge in [-0.2, -0.15) is 0 Å². The average molecular weight is 499 g/mol. The lowest BCUT2D eigenvalue weighted by molar-refractivity contribution is -0.274. The van der Waals surface area contributed by atoms with Crippen LogP contribution in [0, 0.1) is 0 Å². The van der Waals surface area contributed by atoms with Gasteiger partial charge in [-0.1, -0.05) is 30.3 Å². The van der Waals surface area contributed by atoms with Crippen molar-refractivity contribution in [2.75, 3.05) is 30.9 Å². The molecule has 184 valence electrons. The Balaban J connectivity index is 1.71. The first kappa shape index (κ1) is 25.5. The number of piperazine rings is 1. The largest absolute Gasteiger partial charge is 0.755 e. The molecular formula is C22H23F3N3O5S-. The molecule has 1 aliphatic rings. The highest BCUT2D eigenvalue weighted by atomic mass is 32.2. The number of benzene rings is 2. The van der Waals surface area contributed by atoms with Crippen molar-refractivity contribution in [2.45, 2.75) is 25.6 Å². The van der Waals surface area contributed by atoms with Crippen LogP contribution in [0.25, 0.3) is 0 Å². The number of rotatable bonds is 6. The summed E-state index contributed by atoms with van der Waals surface area (Å²) >= 11 is -2.89. The Morgan fingerprint density at radius 3 is 2.15 bits per heavy atom. The Morgan fingerprint density at radius 2 is 1.59 bits per heavy atom. The summed E-state index contributed by atoms with van der Waals surface area (Å²) in [5, 5.41) is 0. The smallest absolute Gasteiger partial charge is 0.573 e. The van der Waals surface area contributed by atoms with Gasteiger partial charge in [0.25, 0.3) is 5.91 Å². The average Bonchev–Trinajstić information content (AvgIpc) is 2.78. The van der Waals surface area contributed by atoms with E-state index in [2.05, 4.69) is 4.74 Å². The van der Waals surface area contributed by atoms with Crippen molar-refractivity contribution in [2.24, 2.45) is 0 Å². The molecule has 0 bridgehead atoms. The van der Waals surface area contributed by atoms with Gasteiger partial charge in [0.15, 0.2) is 5.75 Å². The standard InChI is InChI=1S/C22H24F3N3O5S/c1-21(2,16-6-4-3-5-7-16)20(30)28-12-10-27(11-13-28)19(29)15-8-9-17(26-34(31)32)18(14-15)33-22(23,24)25/h3-9,14,26H,10-13H2,1-2H3,(H,31,32)/p-1. The van der Waals surface area contributed by atoms with E-state index in [0.717, 1.165) is 17.7 Å². The Kier molecular flexibility index (Phi) is 7.51. The lowest BCUT2D eigenvalue weighted by atomic mass is 9.83. The zero-order chi connectivity index (χ0) is 25.1. The van der Waals surface area contributed by atoms with Crippen LogP contribution in [-0.2, 0) is 21.5 Å². The summed E-state index contributed by atoms with van der Waals surface area (Å²) in [5.74, 6) is -1.50. The number of carbonyl (C=O) groups is 2. The monoisotopic (exact) mass is 498 g/mol. The van der Waals surface area contributed by atoms with Crippen molar-refractivity contribution < 1.29 is 36.3 Å². The molecule has 1 unspecified atom stereocenters. The molecule has 1 atom stereocenters. The molecule has 1 fully saturated rings. The third kappa shape index (κ3) is 6.06. The SMILES string of the molecule is CC(C)(C(=O)N1CCN(C(=O)c2ccc(NS(=O)[O-])c(OC(F)(F)F)c2)CC1)c1ccccc1. The summed E-state index contributed by atoms with van der Waals surface area (Å²) < 4.78 is 65.6. The summed E-state index contributed by atoms with van der Waals surface area (Å²) in [4.78, 5) is 29.1. The molecule has 8 nitrogen and oxygen atoms in total. The molecule has 34 heavy (non-hydrogen) atoms. The number of carbonyl (C=O) groups excluding carboxylic acids is 2. The highest BCUT2D eigenvalue weighted by Crippen LogP contribution is 2.32. The molecule has 1 saturated heterocycles. The fourth-order valence-corrected chi connectivity index (χ4v) is 4.06. The van der Waals surface area contributed by atoms with Crippen molar-refractivity contribution in [1.29, 1.82) is 0 Å². The number of hydrogen-bond donors (Lipinski definition) is 1. The van der Waals surface area contributed by atoms with E-state index < -0.39 is 40.4 Å². The number of nitrogens with zero attached hydrogens (tertiary/aromatic N) is 2. The number of hydrogen-bond acceptors (Lipinski definition) is 5. The van der Waals surface area contributed by atoms with E-state index in [1.54, 1.807) is 4.90 Å². The number of halogens is 3. The van der Waals surface area contributed by atoms with Crippen LogP contribution in [0.4, 0.5) is 18.9 Å². The quantitative estimate of drug-likeness (QED) is 0.617. The lowest BCUT2D eigenvalue weighted by Crippen LogP contribution is -2.54. The van der Waals surface area contributed by atoms with Crippen LogP contribution in [0.3, 0.4) is 0 Å². The van der Waals surface area contributed by atoms with Gasteiger partial charge >= 0.3 is 6.36 Å². The van der Waals surface area contributed by atoms with Crippen molar-refractivity contribution >= 4 is 28.8 Å². The van der Waals surface area contributed by atoms with Gasteiger partial charge in [-0.25, -0.2) is 0 Å². The lowest BCUT2D eigenvalue weighted by Gasteiger charge is -2.39. The van der Waals surface area contributed by atoms with Crippen molar-refractivity contribution in [3.8, 4) is 5.75 Å². The summed E-state index contributed by atoms with van der Waals surface area (Å²) in [6.07, 6.45) is -5.08. The van der Waals surface area contributed by atoms with Gasteiger partial charge in [0.1, 0.15) is 0 Å². The molecule has 0 aromatic heterocycles. The van der Waals surface area contributed by atoms with Crippen LogP contribution in [0.2, 0.25) is 0 Å². The maximum Gasteiger partial charge on any atom is 0.573 e. The number of nitrogens with one attached hydrogen (secondary N) is 1. The third-order valence-electron chi connectivity index (χ3n) is 5.53. The Bertz CT molecular complexity index is 1070. The Hall–Kier alpha value is -3.12. The van der Waals surface area contributed by atoms with Gasteiger partial charge in [0.05, 0.1) is 11.1 Å². The molecule has 2 amide bonds. The van der Waals surface area contributed by atoms with E-state index in [4.69, 9.17) is 0 Å². The van der Waals surface area contributed by atoms with E-state index in [0.29, 0.717) is 0 Å². The fraction of sp³-hybridized carbons (Fsp3) is 0.364. The molecule has 2 aromatic rings. The van der Waals surface area contributed by atoms with Crippen LogP contribution in [-0.4, -0.2) is 62.9 Å². The normalized spacial score (nSPS) is 15.6. The van der Waals surface area contributed by atoms with Gasteiger partial charge in [-0.15, -0.1) is 13.2 Å². The molecule has 1 heterocycles. The van der Waals surface area contributed by atoms with E-state index in [-0.39, 0.29) is 37.6 Å². The third-order valence-corrected chi connectivity index (χ3v) is 5.92. The Labute approximate surface area is 197 Å². The highest BCUT2D eigenvalue weighted by Gasteiger charge is 2.36. The zero-order valence-corrected chi connectivity index (χ0v) is 19.2. The first-order chi connectivity index (χ1) is 15.9. The molecule has 0 saturated carbocycles. The van der Waals surface area contributed by atoms with Gasteiger partial charge in [-0.3, -0.25) is 13.8 Å². The van der Waals surface area contributed by atoms with Crippen LogP contribution in [0.1, 0.15) is 29.8 Å².